The molecule has 0 amide bonds. The highest BCUT2D eigenvalue weighted by Gasteiger charge is 2.35. The van der Waals surface area contributed by atoms with Gasteiger partial charge in [0.15, 0.2) is 0 Å². The average Bonchev–Trinajstić information content (AvgIpc) is 2.83. The molecule has 1 aliphatic rings. The number of aromatic amines is 1. The van der Waals surface area contributed by atoms with Crippen LogP contribution in [0.25, 0.3) is 11.0 Å². The first-order chi connectivity index (χ1) is 9.10. The second-order valence-electron chi connectivity index (χ2n) is 5.75. The van der Waals surface area contributed by atoms with E-state index < -0.39 is 0 Å². The fourth-order valence-electron chi connectivity index (χ4n) is 3.06. The van der Waals surface area contributed by atoms with E-state index in [-0.39, 0.29) is 5.54 Å². The lowest BCUT2D eigenvalue weighted by molar-refractivity contribution is 0.223. The molecule has 0 atom stereocenters. The first kappa shape index (κ1) is 12.9. The van der Waals surface area contributed by atoms with Gasteiger partial charge in [0.2, 0.25) is 0 Å². The highest BCUT2D eigenvalue weighted by Crippen LogP contribution is 2.38. The van der Waals surface area contributed by atoms with Gasteiger partial charge in [-0.2, -0.15) is 0 Å². The Hall–Kier alpha value is -1.06. The van der Waals surface area contributed by atoms with Gasteiger partial charge in [0.05, 0.1) is 16.6 Å². The lowest BCUT2D eigenvalue weighted by atomic mass is 9.76. The van der Waals surface area contributed by atoms with E-state index in [4.69, 9.17) is 17.3 Å². The number of hydrogen-bond acceptors (Lipinski definition) is 2. The number of imidazole rings is 1. The quantitative estimate of drug-likeness (QED) is 0.873. The van der Waals surface area contributed by atoms with Crippen molar-refractivity contribution in [3.05, 3.63) is 29.0 Å². The number of hydrogen-bond donors (Lipinski definition) is 2. The zero-order valence-electron chi connectivity index (χ0n) is 11.2. The van der Waals surface area contributed by atoms with Gasteiger partial charge in [-0.3, -0.25) is 0 Å². The molecule has 1 saturated carbocycles. The molecule has 1 aromatic heterocycles. The summed E-state index contributed by atoms with van der Waals surface area (Å²) in [7, 11) is 0. The Kier molecular flexibility index (Phi) is 3.27. The third-order valence-electron chi connectivity index (χ3n) is 4.49. The van der Waals surface area contributed by atoms with E-state index in [1.165, 1.54) is 19.3 Å². The van der Waals surface area contributed by atoms with Gasteiger partial charge in [-0.05, 0) is 49.8 Å². The van der Waals surface area contributed by atoms with Crippen LogP contribution in [0.1, 0.15) is 44.9 Å². The van der Waals surface area contributed by atoms with Crippen LogP contribution in [0.15, 0.2) is 18.2 Å². The molecular formula is C15H20ClN3. The molecule has 1 heterocycles. The number of halogens is 1. The lowest BCUT2D eigenvalue weighted by Crippen LogP contribution is -2.41. The number of H-pyrrole nitrogens is 1. The highest BCUT2D eigenvalue weighted by molar-refractivity contribution is 6.31. The van der Waals surface area contributed by atoms with Crippen molar-refractivity contribution in [3.63, 3.8) is 0 Å². The van der Waals surface area contributed by atoms with Gasteiger partial charge in [0, 0.05) is 5.02 Å². The fraction of sp³-hybridized carbons (Fsp3) is 0.533. The average molecular weight is 278 g/mol. The molecule has 1 aromatic carbocycles. The molecule has 0 spiro atoms. The van der Waals surface area contributed by atoms with E-state index in [9.17, 15) is 0 Å². The molecule has 0 aliphatic heterocycles. The molecule has 3 rings (SSSR count). The molecule has 0 bridgehead atoms. The SMILES string of the molecule is CCC1CCC(N)(c2nc3ccc(Cl)cc3[nH]2)CC1. The Labute approximate surface area is 118 Å². The highest BCUT2D eigenvalue weighted by atomic mass is 35.5. The van der Waals surface area contributed by atoms with Gasteiger partial charge in [0.1, 0.15) is 5.82 Å². The molecular weight excluding hydrogens is 258 g/mol. The van der Waals surface area contributed by atoms with Crippen molar-refractivity contribution in [2.24, 2.45) is 11.7 Å². The maximum absolute atomic E-state index is 6.57. The minimum atomic E-state index is -0.294. The summed E-state index contributed by atoms with van der Waals surface area (Å²) in [5, 5.41) is 0.725. The predicted octanol–water partition coefficient (Wildman–Crippen LogP) is 3.97. The van der Waals surface area contributed by atoms with Crippen LogP contribution in [0.2, 0.25) is 5.02 Å². The Bertz CT molecular complexity index is 582. The zero-order valence-corrected chi connectivity index (χ0v) is 12.0. The van der Waals surface area contributed by atoms with Crippen LogP contribution >= 0.6 is 11.6 Å². The molecule has 102 valence electrons. The lowest BCUT2D eigenvalue weighted by Gasteiger charge is -2.35. The van der Waals surface area contributed by atoms with E-state index in [0.29, 0.717) is 0 Å². The van der Waals surface area contributed by atoms with Gasteiger partial charge in [-0.1, -0.05) is 24.9 Å². The summed E-state index contributed by atoms with van der Waals surface area (Å²) < 4.78 is 0. The van der Waals surface area contributed by atoms with Crippen molar-refractivity contribution >= 4 is 22.6 Å². The Morgan fingerprint density at radius 2 is 2.16 bits per heavy atom. The molecule has 0 radical (unpaired) electrons. The van der Waals surface area contributed by atoms with Gasteiger partial charge in [-0.15, -0.1) is 0 Å². The van der Waals surface area contributed by atoms with Gasteiger partial charge >= 0.3 is 0 Å². The molecule has 2 aromatic rings. The monoisotopic (exact) mass is 277 g/mol. The summed E-state index contributed by atoms with van der Waals surface area (Å²) >= 11 is 6.01. The largest absolute Gasteiger partial charge is 0.340 e. The Morgan fingerprint density at radius 1 is 1.42 bits per heavy atom. The van der Waals surface area contributed by atoms with Crippen LogP contribution in [0, 0.1) is 5.92 Å². The van der Waals surface area contributed by atoms with Crippen molar-refractivity contribution in [1.82, 2.24) is 9.97 Å². The summed E-state index contributed by atoms with van der Waals surface area (Å²) in [6.07, 6.45) is 5.68. The number of rotatable bonds is 2. The topological polar surface area (TPSA) is 54.7 Å². The number of fused-ring (bicyclic) bond motifs is 1. The van der Waals surface area contributed by atoms with Crippen LogP contribution in [0.5, 0.6) is 0 Å². The third-order valence-corrected chi connectivity index (χ3v) is 4.73. The number of benzene rings is 1. The van der Waals surface area contributed by atoms with Crippen molar-refractivity contribution in [2.75, 3.05) is 0 Å². The molecule has 0 saturated heterocycles. The fourth-order valence-corrected chi connectivity index (χ4v) is 3.23. The molecule has 4 heteroatoms. The first-order valence-electron chi connectivity index (χ1n) is 7.05. The normalized spacial score (nSPS) is 27.8. The van der Waals surface area contributed by atoms with Gasteiger partial charge in [0.25, 0.3) is 0 Å². The molecule has 0 unspecified atom stereocenters. The summed E-state index contributed by atoms with van der Waals surface area (Å²) in [4.78, 5) is 8.02. The summed E-state index contributed by atoms with van der Waals surface area (Å²) in [5.41, 5.74) is 8.20. The van der Waals surface area contributed by atoms with E-state index in [0.717, 1.165) is 40.6 Å². The number of nitrogens with two attached hydrogens (primary N) is 1. The van der Waals surface area contributed by atoms with E-state index in [1.54, 1.807) is 0 Å². The second-order valence-corrected chi connectivity index (χ2v) is 6.19. The standard InChI is InChI=1S/C15H20ClN3/c1-2-10-5-7-15(17,8-6-10)14-18-12-4-3-11(16)9-13(12)19-14/h3-4,9-10H,2,5-8,17H2,1H3,(H,18,19). The number of nitrogens with one attached hydrogen (secondary N) is 1. The molecule has 3 N–H and O–H groups in total. The maximum Gasteiger partial charge on any atom is 0.127 e. The zero-order chi connectivity index (χ0) is 13.5. The van der Waals surface area contributed by atoms with Crippen LogP contribution in [-0.2, 0) is 5.54 Å². The predicted molar refractivity (Wildman–Crippen MR) is 79.2 cm³/mol. The van der Waals surface area contributed by atoms with E-state index >= 15 is 0 Å². The maximum atomic E-state index is 6.57. The van der Waals surface area contributed by atoms with Crippen LogP contribution < -0.4 is 5.73 Å². The van der Waals surface area contributed by atoms with Crippen LogP contribution in [0.4, 0.5) is 0 Å². The molecule has 1 aliphatic carbocycles. The number of nitrogens with zero attached hydrogens (tertiary/aromatic N) is 1. The van der Waals surface area contributed by atoms with Crippen LogP contribution in [0.3, 0.4) is 0 Å². The van der Waals surface area contributed by atoms with Gasteiger partial charge < -0.3 is 10.7 Å². The molecule has 1 fully saturated rings. The minimum Gasteiger partial charge on any atom is -0.340 e. The molecule has 19 heavy (non-hydrogen) atoms. The summed E-state index contributed by atoms with van der Waals surface area (Å²) in [5.74, 6) is 1.75. The van der Waals surface area contributed by atoms with Crippen molar-refractivity contribution < 1.29 is 0 Å². The van der Waals surface area contributed by atoms with Crippen molar-refractivity contribution in [3.8, 4) is 0 Å². The van der Waals surface area contributed by atoms with Crippen LogP contribution in [-0.4, -0.2) is 9.97 Å². The van der Waals surface area contributed by atoms with E-state index in [1.807, 2.05) is 18.2 Å². The second kappa shape index (κ2) is 4.80. The Morgan fingerprint density at radius 3 is 2.84 bits per heavy atom. The first-order valence-corrected chi connectivity index (χ1v) is 7.43. The number of aromatic nitrogens is 2. The summed E-state index contributed by atoms with van der Waals surface area (Å²) in [6.45, 7) is 2.26. The molecule has 3 nitrogen and oxygen atoms in total. The summed E-state index contributed by atoms with van der Waals surface area (Å²) in [6, 6.07) is 5.72. The van der Waals surface area contributed by atoms with Gasteiger partial charge in [-0.25, -0.2) is 4.98 Å². The third kappa shape index (κ3) is 2.37. The minimum absolute atomic E-state index is 0.294. The van der Waals surface area contributed by atoms with Crippen molar-refractivity contribution in [1.29, 1.82) is 0 Å². The van der Waals surface area contributed by atoms with E-state index in [2.05, 4.69) is 16.9 Å². The van der Waals surface area contributed by atoms with Crippen molar-refractivity contribution in [2.45, 2.75) is 44.6 Å². The Balaban J connectivity index is 1.91. The smallest absolute Gasteiger partial charge is 0.127 e.